The number of urea groups is 1. The number of quaternary nitrogens is 1. The standard InChI is InChI=1S/C20H30N4O4S/c1-13-12-14(2)16(4)18(15(13)3)29(27,28)23-10-8-22(9-11-23)17(5)19(25)24-7-6-21-20(24)26/h12,17H,6-11H2,1-5H3,(H,21,26)/p+1/t17-/m0/s1. The second-order valence-electron chi connectivity index (χ2n) is 8.10. The van der Waals surface area contributed by atoms with E-state index in [4.69, 9.17) is 0 Å². The summed E-state index contributed by atoms with van der Waals surface area (Å²) in [5.41, 5.74) is 3.54. The Labute approximate surface area is 172 Å². The first kappa shape index (κ1) is 21.7. The summed E-state index contributed by atoms with van der Waals surface area (Å²) < 4.78 is 28.3. The average molecular weight is 424 g/mol. The van der Waals surface area contributed by atoms with Crippen molar-refractivity contribution in [3.8, 4) is 0 Å². The molecular weight excluding hydrogens is 392 g/mol. The van der Waals surface area contributed by atoms with Crippen molar-refractivity contribution in [2.24, 2.45) is 0 Å². The van der Waals surface area contributed by atoms with E-state index >= 15 is 0 Å². The highest BCUT2D eigenvalue weighted by atomic mass is 32.2. The Morgan fingerprint density at radius 1 is 1.07 bits per heavy atom. The van der Waals surface area contributed by atoms with E-state index in [0.717, 1.165) is 27.2 Å². The van der Waals surface area contributed by atoms with Crippen molar-refractivity contribution in [3.63, 3.8) is 0 Å². The minimum atomic E-state index is -3.60. The largest absolute Gasteiger partial charge is 0.336 e. The zero-order valence-corrected chi connectivity index (χ0v) is 18.6. The molecule has 0 spiro atoms. The lowest BCUT2D eigenvalue weighted by Crippen LogP contribution is -3.19. The molecular formula is C20H31N4O4S+. The Balaban J connectivity index is 1.74. The molecule has 0 aliphatic carbocycles. The van der Waals surface area contributed by atoms with Crippen molar-refractivity contribution in [1.82, 2.24) is 14.5 Å². The molecule has 2 heterocycles. The van der Waals surface area contributed by atoms with Crippen molar-refractivity contribution in [2.45, 2.75) is 45.6 Å². The van der Waals surface area contributed by atoms with Crippen LogP contribution < -0.4 is 10.2 Å². The van der Waals surface area contributed by atoms with Crippen LogP contribution in [0, 0.1) is 27.7 Å². The van der Waals surface area contributed by atoms with Gasteiger partial charge in [-0.1, -0.05) is 6.07 Å². The summed E-state index contributed by atoms with van der Waals surface area (Å²) in [6.07, 6.45) is 0. The fourth-order valence-electron chi connectivity index (χ4n) is 4.23. The smallest absolute Gasteiger partial charge is 0.324 e. The van der Waals surface area contributed by atoms with Gasteiger partial charge >= 0.3 is 6.03 Å². The molecule has 0 radical (unpaired) electrons. The second kappa shape index (κ2) is 8.04. The Bertz CT molecular complexity index is 910. The molecule has 160 valence electrons. The molecule has 2 N–H and O–H groups in total. The van der Waals surface area contributed by atoms with Gasteiger partial charge in [0.05, 0.1) is 31.1 Å². The zero-order valence-electron chi connectivity index (χ0n) is 17.8. The summed E-state index contributed by atoms with van der Waals surface area (Å²) in [6, 6.07) is 1.30. The molecule has 1 aromatic carbocycles. The molecule has 1 atom stereocenters. The number of carbonyl (C=O) groups is 2. The number of nitrogens with one attached hydrogen (secondary N) is 2. The van der Waals surface area contributed by atoms with E-state index in [1.807, 2.05) is 40.7 Å². The van der Waals surface area contributed by atoms with Crippen molar-refractivity contribution < 1.29 is 22.9 Å². The fourth-order valence-corrected chi connectivity index (χ4v) is 6.25. The lowest BCUT2D eigenvalue weighted by Gasteiger charge is -2.35. The molecule has 3 amide bonds. The van der Waals surface area contributed by atoms with Gasteiger partial charge in [-0.3, -0.25) is 9.69 Å². The van der Waals surface area contributed by atoms with Crippen LogP contribution in [0.2, 0.25) is 0 Å². The average Bonchev–Trinajstić information content (AvgIpc) is 3.11. The first-order valence-corrected chi connectivity index (χ1v) is 11.5. The molecule has 2 aliphatic heterocycles. The molecule has 2 saturated heterocycles. The molecule has 1 aromatic rings. The number of sulfonamides is 1. The van der Waals surface area contributed by atoms with Crippen LogP contribution in [0.15, 0.2) is 11.0 Å². The maximum absolute atomic E-state index is 13.4. The Hall–Kier alpha value is -1.97. The van der Waals surface area contributed by atoms with Crippen molar-refractivity contribution in [2.75, 3.05) is 39.3 Å². The molecule has 2 aliphatic rings. The zero-order chi connectivity index (χ0) is 21.5. The highest BCUT2D eigenvalue weighted by molar-refractivity contribution is 7.89. The van der Waals surface area contributed by atoms with Gasteiger partial charge in [-0.25, -0.2) is 13.2 Å². The maximum atomic E-state index is 13.4. The van der Waals surface area contributed by atoms with Crippen LogP contribution in [0.1, 0.15) is 29.2 Å². The lowest BCUT2D eigenvalue weighted by molar-refractivity contribution is -0.917. The van der Waals surface area contributed by atoms with Gasteiger partial charge in [0.2, 0.25) is 10.0 Å². The van der Waals surface area contributed by atoms with Crippen LogP contribution in [0.25, 0.3) is 0 Å². The maximum Gasteiger partial charge on any atom is 0.324 e. The van der Waals surface area contributed by atoms with Crippen LogP contribution in [0.5, 0.6) is 0 Å². The molecule has 29 heavy (non-hydrogen) atoms. The van der Waals surface area contributed by atoms with Crippen LogP contribution >= 0.6 is 0 Å². The first-order valence-electron chi connectivity index (χ1n) is 10.1. The molecule has 9 heteroatoms. The lowest BCUT2D eigenvalue weighted by atomic mass is 10.0. The van der Waals surface area contributed by atoms with E-state index in [9.17, 15) is 18.0 Å². The Kier molecular flexibility index (Phi) is 6.03. The number of rotatable bonds is 4. The van der Waals surface area contributed by atoms with Gasteiger partial charge in [0.15, 0.2) is 6.04 Å². The monoisotopic (exact) mass is 423 g/mol. The normalized spacial score (nSPS) is 20.0. The van der Waals surface area contributed by atoms with Gasteiger partial charge in [-0.2, -0.15) is 4.31 Å². The van der Waals surface area contributed by atoms with Gasteiger partial charge in [0, 0.05) is 13.1 Å². The molecule has 0 saturated carbocycles. The number of hydrogen-bond acceptors (Lipinski definition) is 4. The minimum Gasteiger partial charge on any atom is -0.336 e. The molecule has 8 nitrogen and oxygen atoms in total. The number of amides is 3. The summed E-state index contributed by atoms with van der Waals surface area (Å²) >= 11 is 0. The quantitative estimate of drug-likeness (QED) is 0.699. The Morgan fingerprint density at radius 2 is 1.62 bits per heavy atom. The molecule has 0 aromatic heterocycles. The third-order valence-electron chi connectivity index (χ3n) is 6.37. The van der Waals surface area contributed by atoms with Gasteiger partial charge in [0.1, 0.15) is 0 Å². The molecule has 2 fully saturated rings. The summed E-state index contributed by atoms with van der Waals surface area (Å²) in [7, 11) is -3.60. The SMILES string of the molecule is Cc1cc(C)c(C)c(S(=O)(=O)N2CC[NH+]([C@@H](C)C(=O)N3CCNC3=O)CC2)c1C. The van der Waals surface area contributed by atoms with Crippen LogP contribution in [0.4, 0.5) is 4.79 Å². The van der Waals surface area contributed by atoms with Crippen LogP contribution in [-0.4, -0.2) is 74.9 Å². The summed E-state index contributed by atoms with van der Waals surface area (Å²) in [5.74, 6) is -0.202. The van der Waals surface area contributed by atoms with Gasteiger partial charge < -0.3 is 10.2 Å². The predicted octanol–water partition coefficient (Wildman–Crippen LogP) is -0.250. The van der Waals surface area contributed by atoms with Gasteiger partial charge in [-0.15, -0.1) is 0 Å². The van der Waals surface area contributed by atoms with Crippen molar-refractivity contribution >= 4 is 22.0 Å². The van der Waals surface area contributed by atoms with E-state index in [1.165, 1.54) is 9.21 Å². The number of benzene rings is 1. The minimum absolute atomic E-state index is 0.202. The number of hydrogen-bond donors (Lipinski definition) is 2. The number of imide groups is 1. The predicted molar refractivity (Wildman–Crippen MR) is 109 cm³/mol. The summed E-state index contributed by atoms with van der Waals surface area (Å²) in [6.45, 7) is 12.0. The van der Waals surface area contributed by atoms with Crippen LogP contribution in [0.3, 0.4) is 0 Å². The van der Waals surface area contributed by atoms with Crippen LogP contribution in [-0.2, 0) is 14.8 Å². The van der Waals surface area contributed by atoms with E-state index in [0.29, 0.717) is 44.2 Å². The van der Waals surface area contributed by atoms with E-state index in [1.54, 1.807) is 0 Å². The van der Waals surface area contributed by atoms with Gasteiger partial charge in [-0.05, 0) is 56.9 Å². The third kappa shape index (κ3) is 3.91. The topological polar surface area (TPSA) is 91.2 Å². The highest BCUT2D eigenvalue weighted by Crippen LogP contribution is 2.28. The third-order valence-corrected chi connectivity index (χ3v) is 8.54. The molecule has 3 rings (SSSR count). The summed E-state index contributed by atoms with van der Waals surface area (Å²) in [4.78, 5) is 27.1. The van der Waals surface area contributed by atoms with Gasteiger partial charge in [0.25, 0.3) is 5.91 Å². The number of piperazine rings is 1. The van der Waals surface area contributed by atoms with E-state index < -0.39 is 10.0 Å². The van der Waals surface area contributed by atoms with E-state index in [-0.39, 0.29) is 18.0 Å². The van der Waals surface area contributed by atoms with E-state index in [2.05, 4.69) is 5.32 Å². The second-order valence-corrected chi connectivity index (χ2v) is 9.97. The molecule has 0 unspecified atom stereocenters. The van der Waals surface area contributed by atoms with Crippen molar-refractivity contribution in [3.05, 3.63) is 28.3 Å². The molecule has 0 bridgehead atoms. The number of nitrogens with zero attached hydrogens (tertiary/aromatic N) is 2. The highest BCUT2D eigenvalue weighted by Gasteiger charge is 2.39. The number of carbonyl (C=O) groups excluding carboxylic acids is 2. The number of aryl methyl sites for hydroxylation is 2. The summed E-state index contributed by atoms with van der Waals surface area (Å²) in [5, 5.41) is 2.64. The van der Waals surface area contributed by atoms with Crippen molar-refractivity contribution in [1.29, 1.82) is 0 Å². The Morgan fingerprint density at radius 3 is 2.10 bits per heavy atom. The fraction of sp³-hybridized carbons (Fsp3) is 0.600. The first-order chi connectivity index (χ1) is 13.6.